The molecule has 9 aromatic rings. The Morgan fingerprint density at radius 1 is 0.442 bits per heavy atom. The highest BCUT2D eigenvalue weighted by molar-refractivity contribution is 6.26. The summed E-state index contributed by atoms with van der Waals surface area (Å²) in [4.78, 5) is 0. The molecule has 0 aliphatic heterocycles. The van der Waals surface area contributed by atoms with Crippen LogP contribution >= 0.6 is 0 Å². The number of nitrogen functional groups attached to an aromatic ring is 1. The fourth-order valence-corrected chi connectivity index (χ4v) is 7.74. The van der Waals surface area contributed by atoms with Gasteiger partial charge in [0.2, 0.25) is 0 Å². The van der Waals surface area contributed by atoms with E-state index in [9.17, 15) is 5.41 Å². The molecular weight excluding hydrogens is 631 g/mol. The summed E-state index contributed by atoms with van der Waals surface area (Å²) in [5, 5.41) is 11.6. The zero-order valence-corrected chi connectivity index (χ0v) is 28.5. The van der Waals surface area contributed by atoms with E-state index in [0.717, 1.165) is 61.1 Å². The number of rotatable bonds is 7. The normalized spacial score (nSPS) is 11.2. The molecule has 0 radical (unpaired) electrons. The molecule has 0 aliphatic rings. The standard InChI is InChI=1S/C49H35N3/c50-41-30-15-13-28-39(41)48(51)37-26-17-27-38(32-37)52-42-31-16-14-29-40(42)47-45(35-22-9-3-10-23-35)43(33-18-5-1-6-19-33)44(34-20-7-2-8-21-34)46(49(47)52)36-24-11-4-12-25-36/h1-32,51H,50H2. The van der Waals surface area contributed by atoms with Crippen LogP contribution in [0.15, 0.2) is 194 Å². The fraction of sp³-hybridized carbons (Fsp3) is 0. The van der Waals surface area contributed by atoms with E-state index in [1.807, 2.05) is 30.3 Å². The molecule has 0 spiro atoms. The Morgan fingerprint density at radius 2 is 0.923 bits per heavy atom. The van der Waals surface area contributed by atoms with E-state index in [1.165, 1.54) is 22.1 Å². The van der Waals surface area contributed by atoms with E-state index in [4.69, 9.17) is 5.73 Å². The molecule has 0 amide bonds. The Labute approximate surface area is 303 Å². The average Bonchev–Trinajstić information content (AvgIpc) is 3.56. The fourth-order valence-electron chi connectivity index (χ4n) is 7.74. The molecule has 1 heterocycles. The van der Waals surface area contributed by atoms with Crippen molar-refractivity contribution >= 4 is 33.2 Å². The molecule has 3 nitrogen and oxygen atoms in total. The Bertz CT molecular complexity index is 2730. The van der Waals surface area contributed by atoms with Crippen molar-refractivity contribution in [2.45, 2.75) is 0 Å². The van der Waals surface area contributed by atoms with E-state index < -0.39 is 0 Å². The van der Waals surface area contributed by atoms with E-state index >= 15 is 0 Å². The predicted molar refractivity (Wildman–Crippen MR) is 219 cm³/mol. The smallest absolute Gasteiger partial charge is 0.0705 e. The van der Waals surface area contributed by atoms with Crippen LogP contribution in [0.3, 0.4) is 0 Å². The molecule has 0 atom stereocenters. The molecule has 0 bridgehead atoms. The number of anilines is 1. The lowest BCUT2D eigenvalue weighted by atomic mass is 9.80. The van der Waals surface area contributed by atoms with Crippen molar-refractivity contribution in [3.63, 3.8) is 0 Å². The third-order valence-electron chi connectivity index (χ3n) is 9.98. The maximum atomic E-state index is 9.26. The summed E-state index contributed by atoms with van der Waals surface area (Å²) < 4.78 is 2.41. The average molecular weight is 666 g/mol. The largest absolute Gasteiger partial charge is 0.398 e. The van der Waals surface area contributed by atoms with Gasteiger partial charge < -0.3 is 10.3 Å². The molecule has 0 saturated carbocycles. The summed E-state index contributed by atoms with van der Waals surface area (Å²) in [6.45, 7) is 0. The van der Waals surface area contributed by atoms with E-state index in [-0.39, 0.29) is 0 Å². The summed E-state index contributed by atoms with van der Waals surface area (Å²) >= 11 is 0. The number of fused-ring (bicyclic) bond motifs is 3. The molecule has 0 fully saturated rings. The second-order valence-corrected chi connectivity index (χ2v) is 13.1. The van der Waals surface area contributed by atoms with Crippen molar-refractivity contribution in [2.75, 3.05) is 5.73 Å². The van der Waals surface area contributed by atoms with Crippen LogP contribution in [-0.4, -0.2) is 10.3 Å². The zero-order valence-electron chi connectivity index (χ0n) is 28.5. The van der Waals surface area contributed by atoms with Crippen LogP contribution < -0.4 is 5.73 Å². The lowest BCUT2D eigenvalue weighted by molar-refractivity contribution is 1.18. The number of benzene rings is 8. The Balaban J connectivity index is 1.52. The maximum Gasteiger partial charge on any atom is 0.0705 e. The van der Waals surface area contributed by atoms with Gasteiger partial charge in [0.15, 0.2) is 0 Å². The van der Waals surface area contributed by atoms with Gasteiger partial charge in [-0.1, -0.05) is 170 Å². The summed E-state index contributed by atoms with van der Waals surface area (Å²) in [6.07, 6.45) is 0. The van der Waals surface area contributed by atoms with Gasteiger partial charge >= 0.3 is 0 Å². The second-order valence-electron chi connectivity index (χ2n) is 13.1. The molecule has 246 valence electrons. The Hall–Kier alpha value is -6.97. The topological polar surface area (TPSA) is 54.8 Å². The highest BCUT2D eigenvalue weighted by Gasteiger charge is 2.28. The highest BCUT2D eigenvalue weighted by Crippen LogP contribution is 2.53. The first kappa shape index (κ1) is 31.0. The molecule has 3 N–H and O–H groups in total. The van der Waals surface area contributed by atoms with Gasteiger partial charge in [-0.25, -0.2) is 0 Å². The van der Waals surface area contributed by atoms with Crippen molar-refractivity contribution in [3.8, 4) is 50.2 Å². The summed E-state index contributed by atoms with van der Waals surface area (Å²) in [7, 11) is 0. The lowest BCUT2D eigenvalue weighted by Gasteiger charge is -2.24. The quantitative estimate of drug-likeness (QED) is 0.129. The van der Waals surface area contributed by atoms with Gasteiger partial charge in [0.25, 0.3) is 0 Å². The predicted octanol–water partition coefficient (Wildman–Crippen LogP) is 12.5. The number of hydrogen-bond donors (Lipinski definition) is 2. The maximum absolute atomic E-state index is 9.26. The minimum atomic E-state index is 0.394. The van der Waals surface area contributed by atoms with Crippen LogP contribution in [0.5, 0.6) is 0 Å². The first-order valence-electron chi connectivity index (χ1n) is 17.6. The van der Waals surface area contributed by atoms with Gasteiger partial charge in [0.05, 0.1) is 16.7 Å². The van der Waals surface area contributed by atoms with Gasteiger partial charge in [-0.2, -0.15) is 0 Å². The minimum absolute atomic E-state index is 0.394. The van der Waals surface area contributed by atoms with E-state index in [2.05, 4.69) is 168 Å². The number of aromatic nitrogens is 1. The molecule has 8 aromatic carbocycles. The molecule has 0 aliphatic carbocycles. The van der Waals surface area contributed by atoms with Crippen LogP contribution in [0.2, 0.25) is 0 Å². The summed E-state index contributed by atoms with van der Waals surface area (Å²) in [5.41, 5.74) is 21.4. The van der Waals surface area contributed by atoms with Crippen LogP contribution in [0, 0.1) is 5.41 Å². The number of nitrogens with one attached hydrogen (secondary N) is 1. The number of nitrogens with zero attached hydrogens (tertiary/aromatic N) is 1. The molecule has 0 unspecified atom stereocenters. The SMILES string of the molecule is N=C(c1cccc(-n2c3ccccc3c3c(-c4ccccc4)c(-c4ccccc4)c(-c4ccccc4)c(-c4ccccc4)c32)c1)c1ccccc1N. The van der Waals surface area contributed by atoms with E-state index in [1.54, 1.807) is 0 Å². The van der Waals surface area contributed by atoms with Crippen molar-refractivity contribution < 1.29 is 0 Å². The van der Waals surface area contributed by atoms with Crippen molar-refractivity contribution in [2.24, 2.45) is 0 Å². The van der Waals surface area contributed by atoms with Gasteiger partial charge in [0, 0.05) is 50.0 Å². The minimum Gasteiger partial charge on any atom is -0.398 e. The second kappa shape index (κ2) is 13.1. The first-order valence-corrected chi connectivity index (χ1v) is 17.6. The number of para-hydroxylation sites is 2. The van der Waals surface area contributed by atoms with Gasteiger partial charge in [0.1, 0.15) is 0 Å². The van der Waals surface area contributed by atoms with Gasteiger partial charge in [-0.3, -0.25) is 5.41 Å². The molecule has 1 aromatic heterocycles. The Kier molecular flexibility index (Phi) is 7.79. The first-order chi connectivity index (χ1) is 25.7. The third kappa shape index (κ3) is 5.19. The van der Waals surface area contributed by atoms with Crippen molar-refractivity contribution in [3.05, 3.63) is 205 Å². The molecule has 52 heavy (non-hydrogen) atoms. The Morgan fingerprint density at radius 3 is 1.52 bits per heavy atom. The molecule has 3 heteroatoms. The van der Waals surface area contributed by atoms with Crippen LogP contribution in [0.1, 0.15) is 11.1 Å². The molecule has 0 saturated heterocycles. The number of hydrogen-bond acceptors (Lipinski definition) is 2. The van der Waals surface area contributed by atoms with Gasteiger partial charge in [-0.15, -0.1) is 0 Å². The van der Waals surface area contributed by atoms with Crippen LogP contribution in [-0.2, 0) is 0 Å². The zero-order chi connectivity index (χ0) is 35.0. The van der Waals surface area contributed by atoms with Crippen molar-refractivity contribution in [1.29, 1.82) is 5.41 Å². The third-order valence-corrected chi connectivity index (χ3v) is 9.98. The number of nitrogens with two attached hydrogens (primary N) is 1. The monoisotopic (exact) mass is 665 g/mol. The molecule has 9 rings (SSSR count). The van der Waals surface area contributed by atoms with Crippen molar-refractivity contribution in [1.82, 2.24) is 4.57 Å². The van der Waals surface area contributed by atoms with Gasteiger partial charge in [-0.05, 0) is 52.1 Å². The molecular formula is C49H35N3. The van der Waals surface area contributed by atoms with Crippen LogP contribution in [0.25, 0.3) is 72.0 Å². The van der Waals surface area contributed by atoms with E-state index in [0.29, 0.717) is 11.4 Å². The highest BCUT2D eigenvalue weighted by atomic mass is 15.0. The lowest BCUT2D eigenvalue weighted by Crippen LogP contribution is -2.06. The summed E-state index contributed by atoms with van der Waals surface area (Å²) in [6, 6.07) is 67.9. The summed E-state index contributed by atoms with van der Waals surface area (Å²) in [5.74, 6) is 0. The van der Waals surface area contributed by atoms with Crippen LogP contribution in [0.4, 0.5) is 5.69 Å².